The van der Waals surface area contributed by atoms with Gasteiger partial charge in [0.15, 0.2) is 0 Å². The van der Waals surface area contributed by atoms with Crippen molar-refractivity contribution >= 4 is 17.5 Å². The predicted octanol–water partition coefficient (Wildman–Crippen LogP) is 0.410. The maximum atomic E-state index is 12.2. The van der Waals surface area contributed by atoms with Crippen LogP contribution in [0.25, 0.3) is 0 Å². The molecule has 1 aliphatic rings. The number of halogens is 1. The van der Waals surface area contributed by atoms with Crippen LogP contribution in [0.1, 0.15) is 12.7 Å². The van der Waals surface area contributed by atoms with E-state index in [4.69, 9.17) is 16.3 Å². The molecule has 1 aromatic heterocycles. The molecule has 0 spiro atoms. The van der Waals surface area contributed by atoms with E-state index >= 15 is 0 Å². The van der Waals surface area contributed by atoms with E-state index in [1.807, 2.05) is 18.9 Å². The predicted molar refractivity (Wildman–Crippen MR) is 71.9 cm³/mol. The zero-order chi connectivity index (χ0) is 13.8. The highest BCUT2D eigenvalue weighted by Crippen LogP contribution is 2.09. The SMILES string of the molecule is CC(NCc1ncc(Cl)n1C)C(=O)N1CCOCC1. The second-order valence-corrected chi connectivity index (χ2v) is 4.98. The summed E-state index contributed by atoms with van der Waals surface area (Å²) in [4.78, 5) is 18.2. The zero-order valence-corrected chi connectivity index (χ0v) is 12.0. The first-order valence-corrected chi connectivity index (χ1v) is 6.73. The van der Waals surface area contributed by atoms with E-state index in [9.17, 15) is 4.79 Å². The first-order chi connectivity index (χ1) is 9.09. The number of amides is 1. The Labute approximate surface area is 117 Å². The topological polar surface area (TPSA) is 59.4 Å². The van der Waals surface area contributed by atoms with Crippen LogP contribution in [0, 0.1) is 0 Å². The maximum Gasteiger partial charge on any atom is 0.239 e. The molecule has 0 saturated carbocycles. The third kappa shape index (κ3) is 3.46. The van der Waals surface area contributed by atoms with Crippen molar-refractivity contribution in [3.8, 4) is 0 Å². The Morgan fingerprint density at radius 3 is 2.84 bits per heavy atom. The molecule has 6 nitrogen and oxygen atoms in total. The van der Waals surface area contributed by atoms with Crippen molar-refractivity contribution in [2.45, 2.75) is 19.5 Å². The number of ether oxygens (including phenoxy) is 1. The second-order valence-electron chi connectivity index (χ2n) is 4.60. The molecule has 1 unspecified atom stereocenters. The molecule has 0 aliphatic carbocycles. The molecule has 1 atom stereocenters. The van der Waals surface area contributed by atoms with Gasteiger partial charge in [-0.15, -0.1) is 0 Å². The molecule has 0 aromatic carbocycles. The van der Waals surface area contributed by atoms with Gasteiger partial charge in [0.05, 0.1) is 32.0 Å². The second kappa shape index (κ2) is 6.36. The van der Waals surface area contributed by atoms with Crippen molar-refractivity contribution < 1.29 is 9.53 Å². The Kier molecular flexibility index (Phi) is 4.79. The number of rotatable bonds is 4. The molecular weight excluding hydrogens is 268 g/mol. The van der Waals surface area contributed by atoms with Crippen LogP contribution in [0.4, 0.5) is 0 Å². The number of aromatic nitrogens is 2. The molecule has 106 valence electrons. The van der Waals surface area contributed by atoms with Crippen molar-refractivity contribution in [2.75, 3.05) is 26.3 Å². The number of nitrogens with zero attached hydrogens (tertiary/aromatic N) is 3. The summed E-state index contributed by atoms with van der Waals surface area (Å²) < 4.78 is 7.03. The minimum Gasteiger partial charge on any atom is -0.378 e. The van der Waals surface area contributed by atoms with Gasteiger partial charge in [-0.05, 0) is 6.92 Å². The molecule has 0 radical (unpaired) electrons. The number of imidazole rings is 1. The van der Waals surface area contributed by atoms with Gasteiger partial charge in [0.25, 0.3) is 0 Å². The van der Waals surface area contributed by atoms with Gasteiger partial charge < -0.3 is 14.2 Å². The summed E-state index contributed by atoms with van der Waals surface area (Å²) in [5, 5.41) is 3.76. The Balaban J connectivity index is 1.85. The standard InChI is InChI=1S/C12H19ClN4O2/c1-9(12(18)17-3-5-19-6-4-17)14-8-11-15-7-10(13)16(11)2/h7,9,14H,3-6,8H2,1-2H3. The van der Waals surface area contributed by atoms with Gasteiger partial charge >= 0.3 is 0 Å². The fourth-order valence-electron chi connectivity index (χ4n) is 1.98. The van der Waals surface area contributed by atoms with Crippen molar-refractivity contribution in [3.63, 3.8) is 0 Å². The molecule has 1 fully saturated rings. The summed E-state index contributed by atoms with van der Waals surface area (Å²) in [6, 6.07) is -0.242. The van der Waals surface area contributed by atoms with Crippen LogP contribution in [-0.4, -0.2) is 52.7 Å². The minimum atomic E-state index is -0.242. The van der Waals surface area contributed by atoms with Crippen LogP contribution in [0.2, 0.25) is 5.15 Å². The van der Waals surface area contributed by atoms with E-state index < -0.39 is 0 Å². The van der Waals surface area contributed by atoms with Gasteiger partial charge in [0.1, 0.15) is 11.0 Å². The summed E-state index contributed by atoms with van der Waals surface area (Å²) >= 11 is 5.91. The maximum absolute atomic E-state index is 12.2. The summed E-state index contributed by atoms with van der Waals surface area (Å²) in [6.07, 6.45) is 1.60. The van der Waals surface area contributed by atoms with E-state index in [1.54, 1.807) is 10.8 Å². The fourth-order valence-corrected chi connectivity index (χ4v) is 2.12. The molecule has 19 heavy (non-hydrogen) atoms. The van der Waals surface area contributed by atoms with Crippen LogP contribution < -0.4 is 5.32 Å². The number of carbonyl (C=O) groups excluding carboxylic acids is 1. The summed E-state index contributed by atoms with van der Waals surface area (Å²) in [5.41, 5.74) is 0. The lowest BCUT2D eigenvalue weighted by molar-refractivity contribution is -0.137. The number of carbonyl (C=O) groups is 1. The zero-order valence-electron chi connectivity index (χ0n) is 11.2. The van der Waals surface area contributed by atoms with Gasteiger partial charge in [-0.2, -0.15) is 0 Å². The lowest BCUT2D eigenvalue weighted by Crippen LogP contribution is -2.49. The molecule has 1 amide bonds. The first kappa shape index (κ1) is 14.3. The molecule has 1 N–H and O–H groups in total. The average Bonchev–Trinajstić information content (AvgIpc) is 2.76. The molecule has 7 heteroatoms. The molecule has 2 rings (SSSR count). The number of hydrogen-bond donors (Lipinski definition) is 1. The van der Waals surface area contributed by atoms with E-state index in [-0.39, 0.29) is 11.9 Å². The van der Waals surface area contributed by atoms with Crippen LogP contribution in [0.15, 0.2) is 6.20 Å². The summed E-state index contributed by atoms with van der Waals surface area (Å²) in [5.74, 6) is 0.912. The van der Waals surface area contributed by atoms with Gasteiger partial charge in [-0.1, -0.05) is 11.6 Å². The third-order valence-corrected chi connectivity index (χ3v) is 3.64. The summed E-state index contributed by atoms with van der Waals surface area (Å²) in [6.45, 7) is 4.95. The highest BCUT2D eigenvalue weighted by molar-refractivity contribution is 6.29. The number of hydrogen-bond acceptors (Lipinski definition) is 4. The Hall–Kier alpha value is -1.11. The normalized spacial score (nSPS) is 17.5. The van der Waals surface area contributed by atoms with Crippen LogP contribution >= 0.6 is 11.6 Å². The van der Waals surface area contributed by atoms with E-state index in [2.05, 4.69) is 10.3 Å². The summed E-state index contributed by atoms with van der Waals surface area (Å²) in [7, 11) is 1.85. The molecule has 1 saturated heterocycles. The first-order valence-electron chi connectivity index (χ1n) is 6.35. The quantitative estimate of drug-likeness (QED) is 0.871. The van der Waals surface area contributed by atoms with E-state index in [1.165, 1.54) is 0 Å². The van der Waals surface area contributed by atoms with Crippen LogP contribution in [0.5, 0.6) is 0 Å². The largest absolute Gasteiger partial charge is 0.378 e. The van der Waals surface area contributed by atoms with Gasteiger partial charge in [0.2, 0.25) is 5.91 Å². The monoisotopic (exact) mass is 286 g/mol. The van der Waals surface area contributed by atoms with Gasteiger partial charge in [0, 0.05) is 20.1 Å². The fraction of sp³-hybridized carbons (Fsp3) is 0.667. The van der Waals surface area contributed by atoms with Crippen molar-refractivity contribution in [2.24, 2.45) is 7.05 Å². The highest BCUT2D eigenvalue weighted by atomic mass is 35.5. The Bertz CT molecular complexity index is 443. The minimum absolute atomic E-state index is 0.101. The Morgan fingerprint density at radius 1 is 1.58 bits per heavy atom. The van der Waals surface area contributed by atoms with Gasteiger partial charge in [-0.3, -0.25) is 10.1 Å². The lowest BCUT2D eigenvalue weighted by atomic mass is 10.2. The highest BCUT2D eigenvalue weighted by Gasteiger charge is 2.22. The van der Waals surface area contributed by atoms with Crippen LogP contribution in [0.3, 0.4) is 0 Å². The lowest BCUT2D eigenvalue weighted by Gasteiger charge is -2.29. The van der Waals surface area contributed by atoms with Crippen molar-refractivity contribution in [3.05, 3.63) is 17.2 Å². The van der Waals surface area contributed by atoms with Crippen LogP contribution in [-0.2, 0) is 23.1 Å². The van der Waals surface area contributed by atoms with Crippen molar-refractivity contribution in [1.29, 1.82) is 0 Å². The van der Waals surface area contributed by atoms with Crippen molar-refractivity contribution in [1.82, 2.24) is 19.8 Å². The number of nitrogens with one attached hydrogen (secondary N) is 1. The molecule has 0 bridgehead atoms. The molecule has 1 aliphatic heterocycles. The number of morpholine rings is 1. The molecular formula is C12H19ClN4O2. The molecule has 1 aromatic rings. The Morgan fingerprint density at radius 2 is 2.26 bits per heavy atom. The third-order valence-electron chi connectivity index (χ3n) is 3.29. The smallest absolute Gasteiger partial charge is 0.239 e. The van der Waals surface area contributed by atoms with E-state index in [0.717, 1.165) is 5.82 Å². The average molecular weight is 287 g/mol. The van der Waals surface area contributed by atoms with E-state index in [0.29, 0.717) is 38.0 Å². The van der Waals surface area contributed by atoms with Gasteiger partial charge in [-0.25, -0.2) is 4.98 Å². The molecule has 2 heterocycles.